The first-order valence-electron chi connectivity index (χ1n) is 13.8. The van der Waals surface area contributed by atoms with Gasteiger partial charge in [-0.3, -0.25) is 24.0 Å². The van der Waals surface area contributed by atoms with Crippen LogP contribution in [0.2, 0.25) is 0 Å². The minimum Gasteiger partial charge on any atom is -0.481 e. The molecule has 5 atom stereocenters. The fourth-order valence-electron chi connectivity index (χ4n) is 4.95. The van der Waals surface area contributed by atoms with Gasteiger partial charge in [-0.25, -0.2) is 4.79 Å². The van der Waals surface area contributed by atoms with Crippen molar-refractivity contribution < 1.29 is 39.0 Å². The summed E-state index contributed by atoms with van der Waals surface area (Å²) in [5.74, 6) is -4.00. The maximum Gasteiger partial charge on any atom is 0.326 e. The number of aliphatic carboxylic acids is 2. The second-order valence-electron chi connectivity index (χ2n) is 10.7. The molecule has 2 saturated heterocycles. The van der Waals surface area contributed by atoms with Crippen molar-refractivity contribution in [1.82, 2.24) is 26.2 Å². The normalized spacial score (nSPS) is 20.9. The third-order valence-corrected chi connectivity index (χ3v) is 7.69. The van der Waals surface area contributed by atoms with Crippen LogP contribution in [0.4, 0.5) is 0 Å². The van der Waals surface area contributed by atoms with Gasteiger partial charge in [0.25, 0.3) is 0 Å². The Labute approximate surface area is 238 Å². The summed E-state index contributed by atoms with van der Waals surface area (Å²) < 4.78 is 0. The van der Waals surface area contributed by atoms with E-state index in [2.05, 4.69) is 21.3 Å². The smallest absolute Gasteiger partial charge is 0.326 e. The van der Waals surface area contributed by atoms with Crippen molar-refractivity contribution in [2.75, 3.05) is 25.1 Å². The van der Waals surface area contributed by atoms with Crippen LogP contribution in [0.15, 0.2) is 0 Å². The second kappa shape index (κ2) is 16.4. The van der Waals surface area contributed by atoms with Gasteiger partial charge in [0.1, 0.15) is 24.2 Å². The van der Waals surface area contributed by atoms with Gasteiger partial charge in [-0.05, 0) is 69.4 Å². The Morgan fingerprint density at radius 2 is 1.57 bits per heavy atom. The summed E-state index contributed by atoms with van der Waals surface area (Å²) in [7, 11) is 0. The molecular formula is C26H43N5O8S. The molecule has 0 saturated carbocycles. The molecule has 226 valence electrons. The Bertz CT molecular complexity index is 927. The SMILES string of the molecule is CSCCC(NC(=O)C(CCC(=O)O)NC(=O)C1CCCN1C(=O)C1CCCN1)C(=O)NC(CC(C)C)C(=O)O. The average Bonchev–Trinajstić information content (AvgIpc) is 3.60. The van der Waals surface area contributed by atoms with Crippen LogP contribution in [0.1, 0.15) is 65.2 Å². The Kier molecular flexibility index (Phi) is 13.7. The standard InChI is InChI=1S/C26H43N5O8S/c1-15(2)14-19(26(38)39)30-23(35)17(10-13-40-3)28-22(34)16(8-9-21(32)33)29-24(36)20-7-5-12-31(20)25(37)18-6-4-11-27-18/h15-20,27H,4-14H2,1-3H3,(H,28,34)(H,29,36)(H,30,35)(H,32,33)(H,38,39). The maximum absolute atomic E-state index is 13.3. The van der Waals surface area contributed by atoms with E-state index in [1.54, 1.807) is 0 Å². The quantitative estimate of drug-likeness (QED) is 0.143. The third kappa shape index (κ3) is 10.3. The maximum atomic E-state index is 13.3. The molecule has 0 aromatic heterocycles. The van der Waals surface area contributed by atoms with E-state index in [0.29, 0.717) is 31.6 Å². The van der Waals surface area contributed by atoms with Crippen molar-refractivity contribution in [3.8, 4) is 0 Å². The first-order chi connectivity index (χ1) is 18.9. The van der Waals surface area contributed by atoms with E-state index in [1.165, 1.54) is 16.7 Å². The minimum atomic E-state index is -1.26. The number of carboxylic acid groups (broad SMARTS) is 2. The molecule has 14 heteroatoms. The predicted octanol–water partition coefficient (Wildman–Crippen LogP) is -0.0676. The van der Waals surface area contributed by atoms with Gasteiger partial charge in [0.15, 0.2) is 0 Å². The van der Waals surface area contributed by atoms with Crippen LogP contribution in [0.25, 0.3) is 0 Å². The Morgan fingerprint density at radius 3 is 2.12 bits per heavy atom. The molecule has 0 aromatic rings. The van der Waals surface area contributed by atoms with Gasteiger partial charge >= 0.3 is 11.9 Å². The average molecular weight is 586 g/mol. The van der Waals surface area contributed by atoms with Crippen LogP contribution >= 0.6 is 11.8 Å². The summed E-state index contributed by atoms with van der Waals surface area (Å²) in [6, 6.07) is -4.61. The van der Waals surface area contributed by atoms with E-state index in [0.717, 1.165) is 13.0 Å². The zero-order valence-corrected chi connectivity index (χ0v) is 24.3. The number of hydrogen-bond acceptors (Lipinski definition) is 8. The van der Waals surface area contributed by atoms with Crippen LogP contribution < -0.4 is 21.3 Å². The van der Waals surface area contributed by atoms with Crippen LogP contribution in [-0.4, -0.2) is 106 Å². The summed E-state index contributed by atoms with van der Waals surface area (Å²) in [6.45, 7) is 4.80. The van der Waals surface area contributed by atoms with E-state index in [4.69, 9.17) is 0 Å². The third-order valence-electron chi connectivity index (χ3n) is 7.04. The zero-order valence-electron chi connectivity index (χ0n) is 23.4. The molecule has 2 aliphatic heterocycles. The highest BCUT2D eigenvalue weighted by atomic mass is 32.2. The highest BCUT2D eigenvalue weighted by molar-refractivity contribution is 7.98. The van der Waals surface area contributed by atoms with Gasteiger partial charge in [0, 0.05) is 13.0 Å². The number of nitrogens with zero attached hydrogens (tertiary/aromatic N) is 1. The minimum absolute atomic E-state index is 0.00253. The van der Waals surface area contributed by atoms with Crippen molar-refractivity contribution in [3.63, 3.8) is 0 Å². The molecule has 40 heavy (non-hydrogen) atoms. The van der Waals surface area contributed by atoms with E-state index < -0.39 is 60.2 Å². The van der Waals surface area contributed by atoms with Gasteiger partial charge in [0.2, 0.25) is 23.6 Å². The lowest BCUT2D eigenvalue weighted by atomic mass is 10.0. The van der Waals surface area contributed by atoms with Crippen molar-refractivity contribution in [3.05, 3.63) is 0 Å². The first-order valence-corrected chi connectivity index (χ1v) is 15.2. The number of likely N-dealkylation sites (tertiary alicyclic amines) is 1. The lowest BCUT2D eigenvalue weighted by Crippen LogP contribution is -2.58. The van der Waals surface area contributed by atoms with Crippen LogP contribution in [0.5, 0.6) is 0 Å². The molecule has 0 radical (unpaired) electrons. The van der Waals surface area contributed by atoms with Gasteiger partial charge in [0.05, 0.1) is 6.04 Å². The molecule has 0 bridgehead atoms. The summed E-state index contributed by atoms with van der Waals surface area (Å²) in [5.41, 5.74) is 0. The molecule has 0 aromatic carbocycles. The molecule has 5 unspecified atom stereocenters. The number of amides is 4. The van der Waals surface area contributed by atoms with Crippen LogP contribution in [0, 0.1) is 5.92 Å². The number of rotatable bonds is 16. The fraction of sp³-hybridized carbons (Fsp3) is 0.769. The number of carbonyl (C=O) groups is 6. The van der Waals surface area contributed by atoms with Gasteiger partial charge < -0.3 is 36.4 Å². The summed E-state index contributed by atoms with van der Waals surface area (Å²) in [6.07, 6.45) is 4.19. The van der Waals surface area contributed by atoms with E-state index in [-0.39, 0.29) is 37.1 Å². The molecule has 6 N–H and O–H groups in total. The van der Waals surface area contributed by atoms with Gasteiger partial charge in [-0.2, -0.15) is 11.8 Å². The van der Waals surface area contributed by atoms with Crippen LogP contribution in [0.3, 0.4) is 0 Å². The molecular weight excluding hydrogens is 542 g/mol. The molecule has 13 nitrogen and oxygen atoms in total. The monoisotopic (exact) mass is 585 g/mol. The second-order valence-corrected chi connectivity index (χ2v) is 11.7. The molecule has 0 aliphatic carbocycles. The number of carbonyl (C=O) groups excluding carboxylic acids is 4. The summed E-state index contributed by atoms with van der Waals surface area (Å²) >= 11 is 1.44. The molecule has 2 aliphatic rings. The Balaban J connectivity index is 2.14. The van der Waals surface area contributed by atoms with Crippen molar-refractivity contribution in [2.24, 2.45) is 5.92 Å². The van der Waals surface area contributed by atoms with Crippen molar-refractivity contribution in [1.29, 1.82) is 0 Å². The molecule has 2 fully saturated rings. The summed E-state index contributed by atoms with van der Waals surface area (Å²) in [5, 5.41) is 29.6. The summed E-state index contributed by atoms with van der Waals surface area (Å²) in [4.78, 5) is 77.0. The first kappa shape index (κ1) is 33.3. The zero-order chi connectivity index (χ0) is 29.8. The van der Waals surface area contributed by atoms with Crippen molar-refractivity contribution in [2.45, 2.75) is 95.4 Å². The van der Waals surface area contributed by atoms with Crippen LogP contribution in [-0.2, 0) is 28.8 Å². The van der Waals surface area contributed by atoms with Crippen molar-refractivity contribution >= 4 is 47.3 Å². The largest absolute Gasteiger partial charge is 0.481 e. The Morgan fingerprint density at radius 1 is 0.925 bits per heavy atom. The highest BCUT2D eigenvalue weighted by Gasteiger charge is 2.39. The number of thioether (sulfide) groups is 1. The van der Waals surface area contributed by atoms with E-state index >= 15 is 0 Å². The van der Waals surface area contributed by atoms with E-state index in [1.807, 2.05) is 20.1 Å². The lowest BCUT2D eigenvalue weighted by molar-refractivity contribution is -0.143. The molecule has 0 spiro atoms. The molecule has 2 rings (SSSR count). The fourth-order valence-corrected chi connectivity index (χ4v) is 5.42. The van der Waals surface area contributed by atoms with Gasteiger partial charge in [-0.15, -0.1) is 0 Å². The molecule has 2 heterocycles. The van der Waals surface area contributed by atoms with Gasteiger partial charge in [-0.1, -0.05) is 13.8 Å². The topological polar surface area (TPSA) is 194 Å². The number of nitrogens with one attached hydrogen (secondary N) is 4. The number of hydrogen-bond donors (Lipinski definition) is 6. The molecule has 4 amide bonds. The Hall–Kier alpha value is -2.87. The lowest BCUT2D eigenvalue weighted by Gasteiger charge is -2.29. The predicted molar refractivity (Wildman–Crippen MR) is 149 cm³/mol. The number of carboxylic acids is 2. The highest BCUT2D eigenvalue weighted by Crippen LogP contribution is 2.21. The van der Waals surface area contributed by atoms with E-state index in [9.17, 15) is 39.0 Å².